The van der Waals surface area contributed by atoms with Gasteiger partial charge in [0, 0.05) is 24.0 Å². The number of amides is 2. The van der Waals surface area contributed by atoms with Gasteiger partial charge in [-0.15, -0.1) is 0 Å². The molecule has 0 atom stereocenters. The Kier molecular flexibility index (Phi) is 7.14. The Morgan fingerprint density at radius 3 is 2.10 bits per heavy atom. The molecular weight excluding hydrogens is 362 g/mol. The predicted octanol–water partition coefficient (Wildman–Crippen LogP) is 3.73. The first-order valence-corrected chi connectivity index (χ1v) is 9.61. The zero-order chi connectivity index (χ0) is 20.5. The van der Waals surface area contributed by atoms with Crippen LogP contribution >= 0.6 is 0 Å². The average molecular weight is 387 g/mol. The Labute approximate surface area is 171 Å². The molecule has 148 valence electrons. The van der Waals surface area contributed by atoms with Crippen LogP contribution in [0.2, 0.25) is 0 Å². The largest absolute Gasteiger partial charge is 0.325 e. The summed E-state index contributed by atoms with van der Waals surface area (Å²) >= 11 is 0. The van der Waals surface area contributed by atoms with E-state index in [4.69, 9.17) is 0 Å². The Hall–Kier alpha value is -3.44. The first kappa shape index (κ1) is 20.3. The number of rotatable bonds is 8. The van der Waals surface area contributed by atoms with E-state index >= 15 is 0 Å². The monoisotopic (exact) mass is 387 g/mol. The molecule has 0 heterocycles. The minimum atomic E-state index is -0.112. The van der Waals surface area contributed by atoms with Crippen LogP contribution in [-0.2, 0) is 11.2 Å². The second-order valence-electron chi connectivity index (χ2n) is 6.74. The van der Waals surface area contributed by atoms with E-state index in [2.05, 4.69) is 22.8 Å². The van der Waals surface area contributed by atoms with E-state index in [9.17, 15) is 9.59 Å². The number of nitrogens with zero attached hydrogens (tertiary/aromatic N) is 1. The van der Waals surface area contributed by atoms with Crippen molar-refractivity contribution in [3.63, 3.8) is 0 Å². The second-order valence-corrected chi connectivity index (χ2v) is 6.74. The lowest BCUT2D eigenvalue weighted by atomic mass is 10.1. The van der Waals surface area contributed by atoms with Gasteiger partial charge in [-0.1, -0.05) is 48.5 Å². The highest BCUT2D eigenvalue weighted by Gasteiger charge is 2.13. The molecule has 0 aromatic heterocycles. The van der Waals surface area contributed by atoms with Crippen LogP contribution in [0.15, 0.2) is 84.9 Å². The maximum Gasteiger partial charge on any atom is 0.258 e. The zero-order valence-electron chi connectivity index (χ0n) is 16.5. The van der Waals surface area contributed by atoms with Crippen molar-refractivity contribution in [2.45, 2.75) is 6.42 Å². The first-order chi connectivity index (χ1) is 14.1. The van der Waals surface area contributed by atoms with Gasteiger partial charge in [-0.3, -0.25) is 9.59 Å². The Morgan fingerprint density at radius 1 is 0.828 bits per heavy atom. The average Bonchev–Trinajstić information content (AvgIpc) is 2.77. The van der Waals surface area contributed by atoms with E-state index in [0.29, 0.717) is 11.3 Å². The van der Waals surface area contributed by atoms with Crippen LogP contribution in [0.5, 0.6) is 0 Å². The van der Waals surface area contributed by atoms with Crippen LogP contribution in [-0.4, -0.2) is 32.0 Å². The highest BCUT2D eigenvalue weighted by molar-refractivity contribution is 6.06. The fourth-order valence-corrected chi connectivity index (χ4v) is 2.94. The van der Waals surface area contributed by atoms with Crippen molar-refractivity contribution in [3.05, 3.63) is 96.1 Å². The Balaban J connectivity index is 1.46. The van der Waals surface area contributed by atoms with Crippen LogP contribution in [0.1, 0.15) is 15.9 Å². The number of carbonyl (C=O) groups excluding carboxylic acids is 2. The Morgan fingerprint density at radius 2 is 1.45 bits per heavy atom. The number of nitrogens with one attached hydrogen (secondary N) is 2. The molecule has 0 spiro atoms. The number of benzene rings is 3. The summed E-state index contributed by atoms with van der Waals surface area (Å²) in [6, 6.07) is 26.6. The van der Waals surface area contributed by atoms with E-state index in [1.54, 1.807) is 36.2 Å². The molecule has 0 bridgehead atoms. The summed E-state index contributed by atoms with van der Waals surface area (Å²) < 4.78 is 0. The molecule has 5 nitrogen and oxygen atoms in total. The lowest BCUT2D eigenvalue weighted by Gasteiger charge is -2.17. The number of para-hydroxylation sites is 1. The molecule has 3 rings (SSSR count). The second kappa shape index (κ2) is 10.2. The summed E-state index contributed by atoms with van der Waals surface area (Å²) in [7, 11) is 1.74. The van der Waals surface area contributed by atoms with Crippen molar-refractivity contribution >= 4 is 23.2 Å². The quantitative estimate of drug-likeness (QED) is 0.579. The third-order valence-electron chi connectivity index (χ3n) is 4.58. The third-order valence-corrected chi connectivity index (χ3v) is 4.58. The zero-order valence-corrected chi connectivity index (χ0v) is 16.5. The van der Waals surface area contributed by atoms with Crippen molar-refractivity contribution in [2.24, 2.45) is 0 Å². The molecule has 0 aliphatic carbocycles. The molecule has 0 radical (unpaired) electrons. The van der Waals surface area contributed by atoms with Crippen molar-refractivity contribution in [2.75, 3.05) is 30.4 Å². The molecule has 0 fully saturated rings. The minimum absolute atomic E-state index is 0.100. The van der Waals surface area contributed by atoms with Crippen molar-refractivity contribution < 1.29 is 9.59 Å². The van der Waals surface area contributed by atoms with Gasteiger partial charge in [-0.25, -0.2) is 0 Å². The van der Waals surface area contributed by atoms with Crippen molar-refractivity contribution in [3.8, 4) is 0 Å². The molecule has 5 heteroatoms. The summed E-state index contributed by atoms with van der Waals surface area (Å²) in [6.45, 7) is 0.973. The maximum absolute atomic E-state index is 12.6. The SMILES string of the molecule is CN(C(=O)c1ccc(NC(=O)CNCCc2ccccc2)cc1)c1ccccc1. The van der Waals surface area contributed by atoms with Gasteiger partial charge in [-0.05, 0) is 54.9 Å². The molecular formula is C24H25N3O2. The van der Waals surface area contributed by atoms with E-state index in [1.807, 2.05) is 48.5 Å². The number of carbonyl (C=O) groups is 2. The molecule has 2 amide bonds. The fraction of sp³-hybridized carbons (Fsp3) is 0.167. The van der Waals surface area contributed by atoms with Gasteiger partial charge in [0.2, 0.25) is 5.91 Å². The number of hydrogen-bond acceptors (Lipinski definition) is 3. The molecule has 3 aromatic rings. The van der Waals surface area contributed by atoms with Crippen molar-refractivity contribution in [1.29, 1.82) is 0 Å². The molecule has 0 saturated heterocycles. The molecule has 29 heavy (non-hydrogen) atoms. The smallest absolute Gasteiger partial charge is 0.258 e. The van der Waals surface area contributed by atoms with Crippen LogP contribution in [0.25, 0.3) is 0 Å². The minimum Gasteiger partial charge on any atom is -0.325 e. The van der Waals surface area contributed by atoms with Gasteiger partial charge in [0.15, 0.2) is 0 Å². The molecule has 0 saturated carbocycles. The molecule has 3 aromatic carbocycles. The first-order valence-electron chi connectivity index (χ1n) is 9.61. The van der Waals surface area contributed by atoms with Gasteiger partial charge >= 0.3 is 0 Å². The summed E-state index contributed by atoms with van der Waals surface area (Å²) in [5, 5.41) is 5.99. The topological polar surface area (TPSA) is 61.4 Å². The fourth-order valence-electron chi connectivity index (χ4n) is 2.94. The summed E-state index contributed by atoms with van der Waals surface area (Å²) in [4.78, 5) is 26.3. The molecule has 2 N–H and O–H groups in total. The van der Waals surface area contributed by atoms with Crippen LogP contribution in [0.4, 0.5) is 11.4 Å². The summed E-state index contributed by atoms with van der Waals surface area (Å²) in [5.41, 5.74) is 3.30. The molecule has 0 aliphatic heterocycles. The predicted molar refractivity (Wildman–Crippen MR) is 117 cm³/mol. The van der Waals surface area contributed by atoms with Crippen LogP contribution in [0.3, 0.4) is 0 Å². The van der Waals surface area contributed by atoms with Gasteiger partial charge in [0.1, 0.15) is 0 Å². The van der Waals surface area contributed by atoms with Gasteiger partial charge in [0.05, 0.1) is 6.54 Å². The highest BCUT2D eigenvalue weighted by Crippen LogP contribution is 2.16. The highest BCUT2D eigenvalue weighted by atomic mass is 16.2. The standard InChI is InChI=1S/C24H25N3O2/c1-27(22-10-6-3-7-11-22)24(29)20-12-14-21(15-13-20)26-23(28)18-25-17-16-19-8-4-2-5-9-19/h2-15,25H,16-18H2,1H3,(H,26,28). The van der Waals surface area contributed by atoms with Crippen molar-refractivity contribution in [1.82, 2.24) is 5.32 Å². The van der Waals surface area contributed by atoms with E-state index in [1.165, 1.54) is 5.56 Å². The lowest BCUT2D eigenvalue weighted by Crippen LogP contribution is -2.29. The Bertz CT molecular complexity index is 925. The number of hydrogen-bond donors (Lipinski definition) is 2. The number of anilines is 2. The molecule has 0 aliphatic rings. The van der Waals surface area contributed by atoms with Gasteiger partial charge in [-0.2, -0.15) is 0 Å². The molecule has 0 unspecified atom stereocenters. The summed E-state index contributed by atoms with van der Waals surface area (Å²) in [6.07, 6.45) is 0.875. The van der Waals surface area contributed by atoms with Crippen LogP contribution in [0, 0.1) is 0 Å². The van der Waals surface area contributed by atoms with E-state index in [0.717, 1.165) is 18.7 Å². The normalized spacial score (nSPS) is 10.4. The third kappa shape index (κ3) is 6.02. The van der Waals surface area contributed by atoms with E-state index in [-0.39, 0.29) is 18.4 Å². The lowest BCUT2D eigenvalue weighted by molar-refractivity contribution is -0.115. The summed E-state index contributed by atoms with van der Waals surface area (Å²) in [5.74, 6) is -0.213. The van der Waals surface area contributed by atoms with Gasteiger partial charge < -0.3 is 15.5 Å². The van der Waals surface area contributed by atoms with Gasteiger partial charge in [0.25, 0.3) is 5.91 Å². The van der Waals surface area contributed by atoms with Crippen LogP contribution < -0.4 is 15.5 Å². The van der Waals surface area contributed by atoms with E-state index < -0.39 is 0 Å². The maximum atomic E-state index is 12.6.